The van der Waals surface area contributed by atoms with Crippen LogP contribution in [0.1, 0.15) is 17.2 Å². The normalized spacial score (nSPS) is 20.1. The first-order valence-electron chi connectivity index (χ1n) is 10.3. The van der Waals surface area contributed by atoms with Gasteiger partial charge in [0.25, 0.3) is 0 Å². The van der Waals surface area contributed by atoms with Crippen molar-refractivity contribution < 1.29 is 28.7 Å². The fourth-order valence-electron chi connectivity index (χ4n) is 3.85. The number of benzene rings is 2. The maximum absolute atomic E-state index is 13.3. The molecule has 4 rings (SSSR count). The SMILES string of the molecule is COc1ccc2c(c1)S(=O)c1ccc(Cl)cc1C(N1CCNCC1)C2.O=C(O)/C=C/C(=O)O. The van der Waals surface area contributed by atoms with Crippen LogP contribution in [0.2, 0.25) is 5.02 Å². The van der Waals surface area contributed by atoms with Gasteiger partial charge in [0.1, 0.15) is 5.75 Å². The summed E-state index contributed by atoms with van der Waals surface area (Å²) in [6, 6.07) is 11.8. The monoisotopic (exact) mass is 492 g/mol. The molecule has 2 aromatic rings. The van der Waals surface area contributed by atoms with Gasteiger partial charge in [0.05, 0.1) is 22.8 Å². The largest absolute Gasteiger partial charge is 0.497 e. The van der Waals surface area contributed by atoms with Crippen molar-refractivity contribution in [2.45, 2.75) is 22.3 Å². The number of piperazine rings is 1. The Labute approximate surface area is 199 Å². The molecule has 0 spiro atoms. The number of hydrogen-bond acceptors (Lipinski definition) is 6. The summed E-state index contributed by atoms with van der Waals surface area (Å²) in [5.74, 6) is -1.77. The predicted molar refractivity (Wildman–Crippen MR) is 124 cm³/mol. The number of carboxylic acids is 2. The molecule has 2 aliphatic heterocycles. The molecule has 0 aliphatic carbocycles. The van der Waals surface area contributed by atoms with Crippen LogP contribution in [0.4, 0.5) is 0 Å². The molecule has 0 bridgehead atoms. The third kappa shape index (κ3) is 6.42. The lowest BCUT2D eigenvalue weighted by Gasteiger charge is -2.35. The number of fused-ring (bicyclic) bond motifs is 2. The number of methoxy groups -OCH3 is 1. The van der Waals surface area contributed by atoms with Crippen LogP contribution in [0.15, 0.2) is 58.3 Å². The first kappa shape index (κ1) is 24.9. The number of carbonyl (C=O) groups is 2. The minimum atomic E-state index is -1.26. The molecule has 2 aliphatic rings. The number of nitrogens with zero attached hydrogens (tertiary/aromatic N) is 1. The molecule has 2 unspecified atom stereocenters. The summed E-state index contributed by atoms with van der Waals surface area (Å²) in [5.41, 5.74) is 2.21. The Bertz CT molecular complexity index is 1070. The van der Waals surface area contributed by atoms with Crippen molar-refractivity contribution in [1.29, 1.82) is 0 Å². The zero-order valence-electron chi connectivity index (χ0n) is 18.0. The molecule has 0 aromatic heterocycles. The smallest absolute Gasteiger partial charge is 0.328 e. The van der Waals surface area contributed by atoms with E-state index in [4.69, 9.17) is 26.6 Å². The van der Waals surface area contributed by atoms with Crippen LogP contribution in [-0.2, 0) is 26.8 Å². The highest BCUT2D eigenvalue weighted by Gasteiger charge is 2.31. The summed E-state index contributed by atoms with van der Waals surface area (Å²) in [4.78, 5) is 23.3. The van der Waals surface area contributed by atoms with Crippen molar-refractivity contribution in [1.82, 2.24) is 10.2 Å². The number of halogens is 1. The minimum Gasteiger partial charge on any atom is -0.497 e. The molecular weight excluding hydrogens is 468 g/mol. The van der Waals surface area contributed by atoms with Gasteiger partial charge in [-0.15, -0.1) is 0 Å². The molecule has 0 saturated carbocycles. The van der Waals surface area contributed by atoms with E-state index in [0.717, 1.165) is 59.3 Å². The molecule has 2 atom stereocenters. The van der Waals surface area contributed by atoms with Gasteiger partial charge in [-0.25, -0.2) is 13.8 Å². The molecule has 1 fully saturated rings. The van der Waals surface area contributed by atoms with Crippen molar-refractivity contribution in [3.63, 3.8) is 0 Å². The molecular formula is C23H25ClN2O6S. The Hall–Kier alpha value is -2.72. The molecule has 3 N–H and O–H groups in total. The van der Waals surface area contributed by atoms with Gasteiger partial charge in [-0.3, -0.25) is 4.90 Å². The highest BCUT2D eigenvalue weighted by molar-refractivity contribution is 7.85. The molecule has 2 heterocycles. The molecule has 10 heteroatoms. The quantitative estimate of drug-likeness (QED) is 0.558. The van der Waals surface area contributed by atoms with Crippen LogP contribution < -0.4 is 10.1 Å². The van der Waals surface area contributed by atoms with E-state index in [1.165, 1.54) is 0 Å². The summed E-state index contributed by atoms with van der Waals surface area (Å²) in [6.45, 7) is 3.92. The van der Waals surface area contributed by atoms with Crippen LogP contribution in [0, 0.1) is 0 Å². The summed E-state index contributed by atoms with van der Waals surface area (Å²) in [5, 5.41) is 19.7. The Morgan fingerprint density at radius 2 is 1.76 bits per heavy atom. The van der Waals surface area contributed by atoms with Crippen LogP contribution in [0.3, 0.4) is 0 Å². The summed E-state index contributed by atoms with van der Waals surface area (Å²) >= 11 is 6.29. The molecule has 33 heavy (non-hydrogen) atoms. The van der Waals surface area contributed by atoms with Gasteiger partial charge < -0.3 is 20.3 Å². The molecule has 2 aromatic carbocycles. The van der Waals surface area contributed by atoms with Crippen molar-refractivity contribution in [3.05, 3.63) is 64.7 Å². The zero-order valence-corrected chi connectivity index (χ0v) is 19.6. The molecule has 176 valence electrons. The molecule has 0 amide bonds. The van der Waals surface area contributed by atoms with E-state index in [1.807, 2.05) is 30.3 Å². The van der Waals surface area contributed by atoms with E-state index in [2.05, 4.69) is 16.3 Å². The summed E-state index contributed by atoms with van der Waals surface area (Å²) in [6.07, 6.45) is 1.95. The number of ether oxygens (including phenoxy) is 1. The third-order valence-corrected chi connectivity index (χ3v) is 7.16. The fraction of sp³-hybridized carbons (Fsp3) is 0.304. The lowest BCUT2D eigenvalue weighted by molar-refractivity contribution is -0.134. The van der Waals surface area contributed by atoms with Gasteiger partial charge in [-0.1, -0.05) is 17.7 Å². The van der Waals surface area contributed by atoms with Gasteiger partial charge in [0.2, 0.25) is 0 Å². The third-order valence-electron chi connectivity index (χ3n) is 5.38. The fourth-order valence-corrected chi connectivity index (χ4v) is 5.48. The standard InChI is InChI=1S/C19H21ClN2O2S.C4H4O4/c1-24-15-4-2-13-10-17(22-8-6-21-7-9-22)16-11-14(20)3-5-18(16)25(23)19(13)12-15;5-3(6)1-2-4(7)8/h2-5,11-12,17,21H,6-10H2,1H3;1-2H,(H,5,6)(H,7,8)/b;2-1+. The van der Waals surface area contributed by atoms with E-state index >= 15 is 0 Å². The van der Waals surface area contributed by atoms with Crippen molar-refractivity contribution in [2.24, 2.45) is 0 Å². The van der Waals surface area contributed by atoms with Crippen molar-refractivity contribution >= 4 is 34.3 Å². The highest BCUT2D eigenvalue weighted by Crippen LogP contribution is 2.39. The van der Waals surface area contributed by atoms with E-state index in [0.29, 0.717) is 17.2 Å². The Morgan fingerprint density at radius 1 is 1.09 bits per heavy atom. The summed E-state index contributed by atoms with van der Waals surface area (Å²) in [7, 11) is 0.404. The second kappa shape index (κ2) is 11.4. The maximum Gasteiger partial charge on any atom is 0.328 e. The van der Waals surface area contributed by atoms with Crippen molar-refractivity contribution in [2.75, 3.05) is 33.3 Å². The first-order valence-corrected chi connectivity index (χ1v) is 11.8. The van der Waals surface area contributed by atoms with Gasteiger partial charge in [0.15, 0.2) is 0 Å². The van der Waals surface area contributed by atoms with Gasteiger partial charge in [-0.2, -0.15) is 0 Å². The Morgan fingerprint density at radius 3 is 2.36 bits per heavy atom. The number of hydrogen-bond donors (Lipinski definition) is 3. The first-order chi connectivity index (χ1) is 15.8. The average molecular weight is 493 g/mol. The lowest BCUT2D eigenvalue weighted by Crippen LogP contribution is -2.45. The van der Waals surface area contributed by atoms with Gasteiger partial charge in [-0.05, 0) is 47.9 Å². The molecule has 0 radical (unpaired) electrons. The van der Waals surface area contributed by atoms with Crippen LogP contribution in [0.5, 0.6) is 5.75 Å². The van der Waals surface area contributed by atoms with Crippen LogP contribution in [0.25, 0.3) is 0 Å². The molecule has 8 nitrogen and oxygen atoms in total. The number of carboxylic acid groups (broad SMARTS) is 2. The minimum absolute atomic E-state index is 0.189. The van der Waals surface area contributed by atoms with Crippen LogP contribution >= 0.6 is 11.6 Å². The van der Waals surface area contributed by atoms with E-state index < -0.39 is 22.7 Å². The average Bonchev–Trinajstić information content (AvgIpc) is 2.93. The second-order valence-corrected chi connectivity index (χ2v) is 9.29. The second-order valence-electron chi connectivity index (χ2n) is 7.44. The van der Waals surface area contributed by atoms with E-state index in [-0.39, 0.29) is 6.04 Å². The van der Waals surface area contributed by atoms with Crippen LogP contribution in [-0.4, -0.2) is 64.5 Å². The number of nitrogens with one attached hydrogen (secondary N) is 1. The van der Waals surface area contributed by atoms with E-state index in [1.54, 1.807) is 7.11 Å². The maximum atomic E-state index is 13.3. The number of aliphatic carboxylic acids is 2. The number of rotatable bonds is 4. The van der Waals surface area contributed by atoms with Gasteiger partial charge in [0, 0.05) is 54.3 Å². The Kier molecular flexibility index (Phi) is 8.62. The van der Waals surface area contributed by atoms with E-state index in [9.17, 15) is 13.8 Å². The summed E-state index contributed by atoms with van der Waals surface area (Å²) < 4.78 is 18.7. The Balaban J connectivity index is 0.000000331. The highest BCUT2D eigenvalue weighted by atomic mass is 35.5. The van der Waals surface area contributed by atoms with Crippen molar-refractivity contribution in [3.8, 4) is 5.75 Å². The van der Waals surface area contributed by atoms with Gasteiger partial charge >= 0.3 is 11.9 Å². The predicted octanol–water partition coefficient (Wildman–Crippen LogP) is 2.73. The molecule has 1 saturated heterocycles. The topological polar surface area (TPSA) is 116 Å². The lowest BCUT2D eigenvalue weighted by atomic mass is 9.96. The zero-order chi connectivity index (χ0) is 24.0.